The zero-order chi connectivity index (χ0) is 11.7. The first kappa shape index (κ1) is 11.6. The highest BCUT2D eigenvalue weighted by molar-refractivity contribution is 7.71. The monoisotopic (exact) mass is 240 g/mol. The Labute approximate surface area is 102 Å². The maximum atomic E-state index is 5.25. The zero-order valence-electron chi connectivity index (χ0n) is 10.2. The molecule has 0 saturated carbocycles. The number of anilines is 1. The summed E-state index contributed by atoms with van der Waals surface area (Å²) in [6.07, 6.45) is 1.08. The van der Waals surface area contributed by atoms with Crippen LogP contribution in [0.15, 0.2) is 0 Å². The molecule has 1 saturated heterocycles. The lowest BCUT2D eigenvalue weighted by atomic mass is 10.0. The molecule has 2 unspecified atom stereocenters. The van der Waals surface area contributed by atoms with Crippen LogP contribution >= 0.6 is 12.2 Å². The van der Waals surface area contributed by atoms with Crippen LogP contribution in [0.1, 0.15) is 27.2 Å². The van der Waals surface area contributed by atoms with Gasteiger partial charge in [-0.05, 0) is 30.5 Å². The van der Waals surface area contributed by atoms with Gasteiger partial charge < -0.3 is 4.90 Å². The minimum Gasteiger partial charge on any atom is -0.340 e. The molecule has 1 N–H and O–H groups in total. The average Bonchev–Trinajstić information content (AvgIpc) is 2.74. The van der Waals surface area contributed by atoms with Crippen molar-refractivity contribution in [3.05, 3.63) is 4.77 Å². The fraction of sp³-hybridized carbons (Fsp3) is 0.818. The predicted molar refractivity (Wildman–Crippen MR) is 68.2 cm³/mol. The number of H-pyrrole nitrogens is 1. The molecule has 0 aromatic carbocycles. The molecule has 0 spiro atoms. The number of aromatic nitrogens is 3. The van der Waals surface area contributed by atoms with Crippen LogP contribution in [-0.2, 0) is 6.54 Å². The Bertz CT molecular complexity index is 398. The van der Waals surface area contributed by atoms with E-state index in [1.807, 2.05) is 0 Å². The summed E-state index contributed by atoms with van der Waals surface area (Å²) in [5, 5.41) is 7.26. The second-order valence-electron chi connectivity index (χ2n) is 4.84. The summed E-state index contributed by atoms with van der Waals surface area (Å²) in [4.78, 5) is 2.34. The van der Waals surface area contributed by atoms with Gasteiger partial charge in [0.2, 0.25) is 5.95 Å². The molecule has 4 nitrogen and oxygen atoms in total. The number of aromatic amines is 1. The Kier molecular flexibility index (Phi) is 3.33. The summed E-state index contributed by atoms with van der Waals surface area (Å²) in [6.45, 7) is 9.89. The van der Waals surface area contributed by atoms with Crippen molar-refractivity contribution >= 4 is 18.2 Å². The fourth-order valence-corrected chi connectivity index (χ4v) is 2.49. The Balaban J connectivity index is 2.24. The summed E-state index contributed by atoms with van der Waals surface area (Å²) < 4.78 is 2.85. The van der Waals surface area contributed by atoms with Gasteiger partial charge in [0.15, 0.2) is 4.77 Å². The lowest BCUT2D eigenvalue weighted by Crippen LogP contribution is -2.23. The smallest absolute Gasteiger partial charge is 0.225 e. The minimum absolute atomic E-state index is 0.736. The van der Waals surface area contributed by atoms with Gasteiger partial charge in [0.05, 0.1) is 0 Å². The summed E-state index contributed by atoms with van der Waals surface area (Å²) in [5.41, 5.74) is 0. The summed E-state index contributed by atoms with van der Waals surface area (Å²) in [7, 11) is 0. The minimum atomic E-state index is 0.736. The van der Waals surface area contributed by atoms with Crippen LogP contribution in [0.25, 0.3) is 0 Å². The van der Waals surface area contributed by atoms with Gasteiger partial charge in [0, 0.05) is 19.6 Å². The van der Waals surface area contributed by atoms with Gasteiger partial charge in [-0.1, -0.05) is 20.8 Å². The second-order valence-corrected chi connectivity index (χ2v) is 5.23. The Morgan fingerprint density at radius 1 is 1.38 bits per heavy atom. The Morgan fingerprint density at radius 3 is 2.56 bits per heavy atom. The standard InChI is InChI=1S/C11H20N4S/c1-4-5-15-10(12-13-11(15)16)14-6-8(2)9(3)7-14/h8-9H,4-7H2,1-3H3,(H,13,16). The number of nitrogens with one attached hydrogen (secondary N) is 1. The molecule has 1 aromatic rings. The molecule has 0 aliphatic carbocycles. The van der Waals surface area contributed by atoms with Crippen LogP contribution < -0.4 is 4.90 Å². The Morgan fingerprint density at radius 2 is 2.00 bits per heavy atom. The van der Waals surface area contributed by atoms with E-state index in [1.165, 1.54) is 0 Å². The van der Waals surface area contributed by atoms with E-state index < -0.39 is 0 Å². The van der Waals surface area contributed by atoms with E-state index in [1.54, 1.807) is 0 Å². The molecule has 1 aliphatic heterocycles. The molecule has 0 bridgehead atoms. The highest BCUT2D eigenvalue weighted by atomic mass is 32.1. The molecule has 1 aromatic heterocycles. The summed E-state index contributed by atoms with van der Waals surface area (Å²) >= 11 is 5.25. The van der Waals surface area contributed by atoms with Crippen molar-refractivity contribution in [2.75, 3.05) is 18.0 Å². The zero-order valence-corrected chi connectivity index (χ0v) is 11.0. The van der Waals surface area contributed by atoms with Crippen LogP contribution in [0.5, 0.6) is 0 Å². The average molecular weight is 240 g/mol. The van der Waals surface area contributed by atoms with Crippen molar-refractivity contribution in [1.82, 2.24) is 14.8 Å². The van der Waals surface area contributed by atoms with E-state index in [9.17, 15) is 0 Å². The van der Waals surface area contributed by atoms with Crippen LogP contribution in [0, 0.1) is 16.6 Å². The van der Waals surface area contributed by atoms with E-state index in [0.29, 0.717) is 0 Å². The molecule has 2 atom stereocenters. The molecule has 2 heterocycles. The molecule has 16 heavy (non-hydrogen) atoms. The Hall–Kier alpha value is -0.840. The third-order valence-corrected chi connectivity index (χ3v) is 3.77. The molecule has 1 fully saturated rings. The SMILES string of the molecule is CCCn1c(N2CC(C)C(C)C2)n[nH]c1=S. The maximum absolute atomic E-state index is 5.25. The quantitative estimate of drug-likeness (QED) is 0.825. The molecule has 1 aliphatic rings. The van der Waals surface area contributed by atoms with Crippen LogP contribution in [-0.4, -0.2) is 27.9 Å². The van der Waals surface area contributed by atoms with Crippen molar-refractivity contribution in [3.8, 4) is 0 Å². The van der Waals surface area contributed by atoms with Crippen molar-refractivity contribution < 1.29 is 0 Å². The first-order chi connectivity index (χ1) is 7.63. The third-order valence-electron chi connectivity index (χ3n) is 3.46. The highest BCUT2D eigenvalue weighted by Crippen LogP contribution is 2.26. The molecule has 2 rings (SSSR count). The normalized spacial score (nSPS) is 25.3. The second kappa shape index (κ2) is 4.57. The highest BCUT2D eigenvalue weighted by Gasteiger charge is 2.28. The van der Waals surface area contributed by atoms with E-state index in [4.69, 9.17) is 12.2 Å². The lowest BCUT2D eigenvalue weighted by molar-refractivity contribution is 0.494. The van der Waals surface area contributed by atoms with E-state index in [2.05, 4.69) is 40.4 Å². The molecule has 90 valence electrons. The van der Waals surface area contributed by atoms with Crippen molar-refractivity contribution in [3.63, 3.8) is 0 Å². The van der Waals surface area contributed by atoms with Gasteiger partial charge in [0.1, 0.15) is 0 Å². The maximum Gasteiger partial charge on any atom is 0.225 e. The van der Waals surface area contributed by atoms with E-state index in [-0.39, 0.29) is 0 Å². The van der Waals surface area contributed by atoms with Gasteiger partial charge in [0.25, 0.3) is 0 Å². The van der Waals surface area contributed by atoms with Gasteiger partial charge in [-0.2, -0.15) is 0 Å². The fourth-order valence-electron chi connectivity index (χ4n) is 2.27. The predicted octanol–water partition coefficient (Wildman–Crippen LogP) is 2.44. The van der Waals surface area contributed by atoms with Crippen LogP contribution in [0.4, 0.5) is 5.95 Å². The number of rotatable bonds is 3. The largest absolute Gasteiger partial charge is 0.340 e. The van der Waals surface area contributed by atoms with Crippen LogP contribution in [0.3, 0.4) is 0 Å². The summed E-state index contributed by atoms with van der Waals surface area (Å²) in [6, 6.07) is 0. The molecule has 0 amide bonds. The molecule has 0 radical (unpaired) electrons. The van der Waals surface area contributed by atoms with Crippen molar-refractivity contribution in [2.24, 2.45) is 11.8 Å². The van der Waals surface area contributed by atoms with Crippen molar-refractivity contribution in [2.45, 2.75) is 33.7 Å². The van der Waals surface area contributed by atoms with Crippen LogP contribution in [0.2, 0.25) is 0 Å². The summed E-state index contributed by atoms with van der Waals surface area (Å²) in [5.74, 6) is 2.49. The van der Waals surface area contributed by atoms with Gasteiger partial charge in [-0.15, -0.1) is 5.10 Å². The molecular formula is C11H20N4S. The first-order valence-corrected chi connectivity index (χ1v) is 6.44. The third kappa shape index (κ3) is 2.00. The number of nitrogens with zero attached hydrogens (tertiary/aromatic N) is 3. The number of hydrogen-bond acceptors (Lipinski definition) is 3. The molecular weight excluding hydrogens is 220 g/mol. The van der Waals surface area contributed by atoms with Crippen molar-refractivity contribution in [1.29, 1.82) is 0 Å². The topological polar surface area (TPSA) is 36.9 Å². The van der Waals surface area contributed by atoms with Gasteiger partial charge in [-0.3, -0.25) is 4.57 Å². The van der Waals surface area contributed by atoms with E-state index >= 15 is 0 Å². The first-order valence-electron chi connectivity index (χ1n) is 6.03. The van der Waals surface area contributed by atoms with Gasteiger partial charge >= 0.3 is 0 Å². The van der Waals surface area contributed by atoms with E-state index in [0.717, 1.165) is 48.6 Å². The lowest BCUT2D eigenvalue weighted by Gasteiger charge is -2.17. The number of hydrogen-bond donors (Lipinski definition) is 1. The van der Waals surface area contributed by atoms with Gasteiger partial charge in [-0.25, -0.2) is 5.10 Å². The molecule has 5 heteroatoms.